The number of nitrogens with one attached hydrogen (secondary N) is 1. The fourth-order valence-corrected chi connectivity index (χ4v) is 5.38. The van der Waals surface area contributed by atoms with Crippen molar-refractivity contribution in [3.8, 4) is 0 Å². The van der Waals surface area contributed by atoms with Crippen LogP contribution in [0.15, 0.2) is 91.0 Å². The smallest absolute Gasteiger partial charge is 0.259 e. The van der Waals surface area contributed by atoms with Crippen LogP contribution in [0.3, 0.4) is 0 Å². The lowest BCUT2D eigenvalue weighted by atomic mass is 10.0. The third-order valence-corrected chi connectivity index (χ3v) is 7.38. The Morgan fingerprint density at radius 2 is 1.60 bits per heavy atom. The first-order valence-electron chi connectivity index (χ1n) is 13.5. The lowest BCUT2D eigenvalue weighted by Gasteiger charge is -2.33. The van der Waals surface area contributed by atoms with Gasteiger partial charge in [0.15, 0.2) is 0 Å². The van der Waals surface area contributed by atoms with E-state index in [9.17, 15) is 14.4 Å². The minimum absolute atomic E-state index is 0.172. The number of hydrogen-bond donors (Lipinski definition) is 1. The zero-order valence-corrected chi connectivity index (χ0v) is 23.4. The van der Waals surface area contributed by atoms with Crippen molar-refractivity contribution in [2.24, 2.45) is 5.92 Å². The van der Waals surface area contributed by atoms with Gasteiger partial charge in [-0.05, 0) is 46.7 Å². The maximum absolute atomic E-state index is 14.2. The zero-order valence-electron chi connectivity index (χ0n) is 22.6. The maximum Gasteiger partial charge on any atom is 0.259 e. The van der Waals surface area contributed by atoms with E-state index in [-0.39, 0.29) is 36.7 Å². The van der Waals surface area contributed by atoms with Gasteiger partial charge < -0.3 is 10.2 Å². The molecule has 1 N–H and O–H groups in total. The molecule has 40 heavy (non-hydrogen) atoms. The Kier molecular flexibility index (Phi) is 8.17. The van der Waals surface area contributed by atoms with Gasteiger partial charge in [-0.1, -0.05) is 92.2 Å². The Hall–Kier alpha value is -4.16. The van der Waals surface area contributed by atoms with E-state index in [1.54, 1.807) is 23.1 Å². The van der Waals surface area contributed by atoms with E-state index in [1.807, 2.05) is 86.6 Å². The Labute approximate surface area is 239 Å². The predicted molar refractivity (Wildman–Crippen MR) is 159 cm³/mol. The molecule has 0 unspecified atom stereocenters. The Bertz CT molecular complexity index is 1550. The predicted octanol–water partition coefficient (Wildman–Crippen LogP) is 5.87. The number of hydrogen-bond acceptors (Lipinski definition) is 3. The molecule has 0 aliphatic carbocycles. The summed E-state index contributed by atoms with van der Waals surface area (Å²) in [7, 11) is 0. The topological polar surface area (TPSA) is 69.7 Å². The van der Waals surface area contributed by atoms with E-state index in [0.29, 0.717) is 29.2 Å². The van der Waals surface area contributed by atoms with Gasteiger partial charge in [0, 0.05) is 35.5 Å². The zero-order chi connectivity index (χ0) is 28.2. The first-order chi connectivity index (χ1) is 19.3. The summed E-state index contributed by atoms with van der Waals surface area (Å²) >= 11 is 6.28. The molecule has 3 amide bonds. The number of halogens is 1. The van der Waals surface area contributed by atoms with Crippen LogP contribution in [-0.2, 0) is 22.6 Å². The maximum atomic E-state index is 14.2. The number of carbonyl (C=O) groups is 3. The first kappa shape index (κ1) is 27.4. The average molecular weight is 554 g/mol. The van der Waals surface area contributed by atoms with Crippen LogP contribution >= 0.6 is 11.6 Å². The van der Waals surface area contributed by atoms with Gasteiger partial charge in [0.1, 0.15) is 12.6 Å². The third-order valence-electron chi connectivity index (χ3n) is 7.14. The number of amides is 3. The van der Waals surface area contributed by atoms with Crippen LogP contribution in [0.1, 0.15) is 35.3 Å². The highest BCUT2D eigenvalue weighted by Crippen LogP contribution is 2.37. The number of rotatable bonds is 10. The summed E-state index contributed by atoms with van der Waals surface area (Å²) in [6, 6.07) is 27.5. The summed E-state index contributed by atoms with van der Waals surface area (Å²) in [6.07, 6.45) is 0.334. The van der Waals surface area contributed by atoms with Gasteiger partial charge >= 0.3 is 0 Å². The Morgan fingerprint density at radius 3 is 2.33 bits per heavy atom. The van der Waals surface area contributed by atoms with Crippen LogP contribution in [0.4, 0.5) is 5.69 Å². The molecule has 7 heteroatoms. The van der Waals surface area contributed by atoms with Crippen LogP contribution < -0.4 is 10.2 Å². The van der Waals surface area contributed by atoms with E-state index in [0.717, 1.165) is 21.9 Å². The normalized spacial score (nSPS) is 13.1. The first-order valence-corrected chi connectivity index (χ1v) is 13.9. The number of anilines is 1. The molecule has 0 fully saturated rings. The standard InChI is InChI=1S/C33H32ClN3O3/c1-22(2)19-35-32(39)29(18-23-9-4-3-5-10-23)36(20-24-11-6-14-26(34)17-24)30(38)21-37-28-16-8-13-25-12-7-15-27(31(25)28)33(37)40/h3-17,22,29H,18-21H2,1-2H3,(H,35,39)/t29-/m1/s1. The molecule has 0 saturated carbocycles. The minimum Gasteiger partial charge on any atom is -0.354 e. The van der Waals surface area contributed by atoms with Crippen molar-refractivity contribution in [1.82, 2.24) is 10.2 Å². The molecule has 1 heterocycles. The minimum atomic E-state index is -0.788. The van der Waals surface area contributed by atoms with Crippen LogP contribution in [0.2, 0.25) is 5.02 Å². The van der Waals surface area contributed by atoms with E-state index in [2.05, 4.69) is 5.32 Å². The molecule has 1 aliphatic rings. The van der Waals surface area contributed by atoms with Crippen molar-refractivity contribution in [2.75, 3.05) is 18.0 Å². The molecular weight excluding hydrogens is 522 g/mol. The molecule has 5 rings (SSSR count). The van der Waals surface area contributed by atoms with Crippen molar-refractivity contribution in [2.45, 2.75) is 32.9 Å². The Morgan fingerprint density at radius 1 is 0.900 bits per heavy atom. The molecule has 0 bridgehead atoms. The molecule has 6 nitrogen and oxygen atoms in total. The van der Waals surface area contributed by atoms with Crippen molar-refractivity contribution >= 4 is 45.8 Å². The second-order valence-corrected chi connectivity index (χ2v) is 11.0. The van der Waals surface area contributed by atoms with E-state index in [4.69, 9.17) is 11.6 Å². The molecule has 0 aromatic heterocycles. The lowest BCUT2D eigenvalue weighted by molar-refractivity contribution is -0.140. The fourth-order valence-electron chi connectivity index (χ4n) is 5.17. The summed E-state index contributed by atoms with van der Waals surface area (Å²) in [6.45, 7) is 4.53. The molecule has 4 aromatic carbocycles. The molecule has 1 aliphatic heterocycles. The van der Waals surface area contributed by atoms with Gasteiger partial charge in [0.2, 0.25) is 11.8 Å². The summed E-state index contributed by atoms with van der Waals surface area (Å²) in [5.74, 6) is -0.517. The van der Waals surface area contributed by atoms with Crippen molar-refractivity contribution < 1.29 is 14.4 Å². The highest BCUT2D eigenvalue weighted by atomic mass is 35.5. The average Bonchev–Trinajstić information content (AvgIpc) is 3.22. The quantitative estimate of drug-likeness (QED) is 0.267. The molecule has 0 radical (unpaired) electrons. The molecular formula is C33H32ClN3O3. The van der Waals surface area contributed by atoms with Crippen LogP contribution in [-0.4, -0.2) is 41.8 Å². The van der Waals surface area contributed by atoms with Crippen molar-refractivity contribution in [1.29, 1.82) is 0 Å². The van der Waals surface area contributed by atoms with Gasteiger partial charge in [0.25, 0.3) is 5.91 Å². The van der Waals surface area contributed by atoms with E-state index >= 15 is 0 Å². The molecule has 0 saturated heterocycles. The van der Waals surface area contributed by atoms with Gasteiger partial charge in [0.05, 0.1) is 5.69 Å². The lowest BCUT2D eigenvalue weighted by Crippen LogP contribution is -2.53. The number of benzene rings is 4. The van der Waals surface area contributed by atoms with Crippen molar-refractivity contribution in [3.63, 3.8) is 0 Å². The molecule has 1 atom stereocenters. The molecule has 204 valence electrons. The van der Waals surface area contributed by atoms with Crippen LogP contribution in [0.25, 0.3) is 10.8 Å². The highest BCUT2D eigenvalue weighted by Gasteiger charge is 2.35. The van der Waals surface area contributed by atoms with Gasteiger partial charge in [-0.3, -0.25) is 19.3 Å². The third kappa shape index (κ3) is 5.87. The summed E-state index contributed by atoms with van der Waals surface area (Å²) in [5, 5.41) is 5.37. The van der Waals surface area contributed by atoms with E-state index in [1.165, 1.54) is 4.90 Å². The second kappa shape index (κ2) is 11.9. The van der Waals surface area contributed by atoms with Gasteiger partial charge in [-0.15, -0.1) is 0 Å². The SMILES string of the molecule is CC(C)CNC(=O)[C@@H](Cc1ccccc1)N(Cc1cccc(Cl)c1)C(=O)CN1C(=O)c2cccc3cccc1c23. The molecule has 4 aromatic rings. The van der Waals surface area contributed by atoms with Crippen molar-refractivity contribution in [3.05, 3.63) is 113 Å². The fraction of sp³-hybridized carbons (Fsp3) is 0.242. The monoisotopic (exact) mass is 553 g/mol. The van der Waals surface area contributed by atoms with Gasteiger partial charge in [-0.2, -0.15) is 0 Å². The summed E-state index contributed by atoms with van der Waals surface area (Å²) < 4.78 is 0. The van der Waals surface area contributed by atoms with Crippen LogP contribution in [0, 0.1) is 5.92 Å². The summed E-state index contributed by atoms with van der Waals surface area (Å²) in [5.41, 5.74) is 3.02. The van der Waals surface area contributed by atoms with Crippen LogP contribution in [0.5, 0.6) is 0 Å². The number of carbonyl (C=O) groups excluding carboxylic acids is 3. The van der Waals surface area contributed by atoms with Gasteiger partial charge in [-0.25, -0.2) is 0 Å². The Balaban J connectivity index is 1.50. The summed E-state index contributed by atoms with van der Waals surface area (Å²) in [4.78, 5) is 44.5. The van der Waals surface area contributed by atoms with E-state index < -0.39 is 6.04 Å². The molecule has 0 spiro atoms. The largest absolute Gasteiger partial charge is 0.354 e. The number of nitrogens with zero attached hydrogens (tertiary/aromatic N) is 2. The highest BCUT2D eigenvalue weighted by molar-refractivity contribution is 6.30. The second-order valence-electron chi connectivity index (χ2n) is 10.6.